The number of thiazole rings is 1. The second-order valence-electron chi connectivity index (χ2n) is 9.84. The Kier molecular flexibility index (Phi) is 10.0. The fraction of sp³-hybridized carbons (Fsp3) is 0.258. The minimum absolute atomic E-state index is 0.0567. The lowest BCUT2D eigenvalue weighted by Crippen LogP contribution is -2.16. The molecular formula is C31H29ClF2N4O4S2. The van der Waals surface area contributed by atoms with Crippen molar-refractivity contribution < 1.29 is 26.7 Å². The number of anilines is 2. The van der Waals surface area contributed by atoms with Crippen molar-refractivity contribution in [2.45, 2.75) is 33.0 Å². The van der Waals surface area contributed by atoms with Crippen LogP contribution in [0.5, 0.6) is 5.75 Å². The van der Waals surface area contributed by atoms with Crippen molar-refractivity contribution in [1.29, 1.82) is 0 Å². The van der Waals surface area contributed by atoms with Gasteiger partial charge >= 0.3 is 0 Å². The van der Waals surface area contributed by atoms with Gasteiger partial charge in [-0.05, 0) is 48.4 Å². The first-order chi connectivity index (χ1) is 21.2. The topological polar surface area (TPSA) is 103 Å². The molecule has 1 atom stereocenters. The summed E-state index contributed by atoms with van der Waals surface area (Å²) in [7, 11) is -3.15. The van der Waals surface area contributed by atoms with Gasteiger partial charge in [-0.15, -0.1) is 11.3 Å². The van der Waals surface area contributed by atoms with Crippen molar-refractivity contribution in [3.05, 3.63) is 93.5 Å². The first kappa shape index (κ1) is 31.7. The third kappa shape index (κ3) is 7.68. The average molecular weight is 659 g/mol. The Hall–Kier alpha value is -3.71. The van der Waals surface area contributed by atoms with Gasteiger partial charge in [0, 0.05) is 33.8 Å². The number of nitrogens with one attached hydrogen (secondary N) is 1. The quantitative estimate of drug-likeness (QED) is 0.136. The monoisotopic (exact) mass is 658 g/mol. The van der Waals surface area contributed by atoms with Gasteiger partial charge in [-0.3, -0.25) is 0 Å². The van der Waals surface area contributed by atoms with Gasteiger partial charge in [-0.2, -0.15) is 0 Å². The Labute approximate surface area is 263 Å². The van der Waals surface area contributed by atoms with Gasteiger partial charge in [0.05, 0.1) is 28.6 Å². The minimum atomic E-state index is -3.15. The summed E-state index contributed by atoms with van der Waals surface area (Å²) in [6.07, 6.45) is 1.51. The van der Waals surface area contributed by atoms with E-state index < -0.39 is 21.8 Å². The van der Waals surface area contributed by atoms with Crippen molar-refractivity contribution in [1.82, 2.24) is 15.0 Å². The third-order valence-electron chi connectivity index (χ3n) is 6.80. The highest BCUT2D eigenvalue weighted by Gasteiger charge is 2.19. The molecule has 5 rings (SSSR count). The largest absolute Gasteiger partial charge is 0.487 e. The third-order valence-corrected chi connectivity index (χ3v) is 9.70. The average Bonchev–Trinajstić information content (AvgIpc) is 3.48. The molecule has 1 unspecified atom stereocenters. The standard InChI is InChI=1S/C31H29ClF2N4O4S2/c1-3-28(41-10-11-44(39,40)4-2)31-38-27(17-43-31)22-14-23-26(15-25(22)34)35-18-36-30(23)37-21-8-9-29(24(32)13-21)42-16-19-6-5-7-20(33)12-19/h5-9,12-15,17-18,28H,3-4,10-11,16H2,1-2H3,(H,35,36,37). The summed E-state index contributed by atoms with van der Waals surface area (Å²) in [5.74, 6) is 0.0141. The summed E-state index contributed by atoms with van der Waals surface area (Å²) in [4.78, 5) is 13.2. The summed E-state index contributed by atoms with van der Waals surface area (Å²) in [6, 6.07) is 14.2. The zero-order chi connectivity index (χ0) is 31.3. The lowest BCUT2D eigenvalue weighted by atomic mass is 10.1. The maximum atomic E-state index is 15.3. The molecule has 0 amide bonds. The van der Waals surface area contributed by atoms with Crippen molar-refractivity contribution >= 4 is 55.2 Å². The molecule has 3 aromatic carbocycles. The number of sulfone groups is 1. The highest BCUT2D eigenvalue weighted by molar-refractivity contribution is 7.91. The lowest BCUT2D eigenvalue weighted by molar-refractivity contribution is 0.0609. The molecule has 2 aromatic heterocycles. The van der Waals surface area contributed by atoms with Crippen molar-refractivity contribution in [2.75, 3.05) is 23.4 Å². The van der Waals surface area contributed by atoms with Crippen LogP contribution in [0.15, 0.2) is 66.3 Å². The number of hydrogen-bond acceptors (Lipinski definition) is 9. The Bertz CT molecular complexity index is 1890. The molecule has 2 heterocycles. The number of halogens is 3. The Morgan fingerprint density at radius 2 is 1.91 bits per heavy atom. The van der Waals surface area contributed by atoms with E-state index in [4.69, 9.17) is 21.1 Å². The van der Waals surface area contributed by atoms with Crippen LogP contribution in [0.3, 0.4) is 0 Å². The van der Waals surface area contributed by atoms with Gasteiger partial charge in [0.25, 0.3) is 0 Å². The van der Waals surface area contributed by atoms with Crippen molar-refractivity contribution in [3.8, 4) is 17.0 Å². The Morgan fingerprint density at radius 3 is 2.66 bits per heavy atom. The van der Waals surface area contributed by atoms with Crippen LogP contribution in [-0.4, -0.2) is 41.5 Å². The molecule has 0 aliphatic carbocycles. The van der Waals surface area contributed by atoms with E-state index in [1.807, 2.05) is 6.92 Å². The number of fused-ring (bicyclic) bond motifs is 1. The van der Waals surface area contributed by atoms with Crippen LogP contribution in [0.4, 0.5) is 20.3 Å². The fourth-order valence-electron chi connectivity index (χ4n) is 4.38. The van der Waals surface area contributed by atoms with E-state index in [0.717, 1.165) is 0 Å². The zero-order valence-corrected chi connectivity index (χ0v) is 26.3. The first-order valence-electron chi connectivity index (χ1n) is 13.8. The van der Waals surface area contributed by atoms with Gasteiger partial charge in [-0.1, -0.05) is 37.6 Å². The molecule has 230 valence electrons. The number of ether oxygens (including phenoxy) is 2. The van der Waals surface area contributed by atoms with Gasteiger partial charge < -0.3 is 14.8 Å². The highest BCUT2D eigenvalue weighted by Crippen LogP contribution is 2.35. The van der Waals surface area contributed by atoms with Crippen LogP contribution in [0.25, 0.3) is 22.2 Å². The van der Waals surface area contributed by atoms with Crippen molar-refractivity contribution in [3.63, 3.8) is 0 Å². The Morgan fingerprint density at radius 1 is 1.07 bits per heavy atom. The van der Waals surface area contributed by atoms with Crippen LogP contribution in [-0.2, 0) is 21.2 Å². The number of benzene rings is 3. The highest BCUT2D eigenvalue weighted by atomic mass is 35.5. The molecule has 1 N–H and O–H groups in total. The molecular weight excluding hydrogens is 630 g/mol. The number of rotatable bonds is 13. The van der Waals surface area contributed by atoms with E-state index in [1.54, 1.807) is 48.7 Å². The smallest absolute Gasteiger partial charge is 0.152 e. The van der Waals surface area contributed by atoms with Crippen LogP contribution in [0.2, 0.25) is 5.02 Å². The summed E-state index contributed by atoms with van der Waals surface area (Å²) < 4.78 is 64.0. The summed E-state index contributed by atoms with van der Waals surface area (Å²) in [5, 5.41) is 6.50. The summed E-state index contributed by atoms with van der Waals surface area (Å²) >= 11 is 7.79. The normalized spacial score (nSPS) is 12.4. The van der Waals surface area contributed by atoms with Crippen LogP contribution >= 0.6 is 22.9 Å². The molecule has 0 spiro atoms. The maximum absolute atomic E-state index is 15.3. The maximum Gasteiger partial charge on any atom is 0.152 e. The predicted molar refractivity (Wildman–Crippen MR) is 169 cm³/mol. The molecule has 0 aliphatic rings. The Balaban J connectivity index is 1.34. The molecule has 13 heteroatoms. The van der Waals surface area contributed by atoms with E-state index in [1.165, 1.54) is 35.9 Å². The number of aromatic nitrogens is 3. The fourth-order valence-corrected chi connectivity index (χ4v) is 6.20. The van der Waals surface area contributed by atoms with E-state index in [9.17, 15) is 12.8 Å². The molecule has 0 aliphatic heterocycles. The van der Waals surface area contributed by atoms with Crippen molar-refractivity contribution in [2.24, 2.45) is 0 Å². The van der Waals surface area contributed by atoms with E-state index in [0.29, 0.717) is 55.9 Å². The lowest BCUT2D eigenvalue weighted by Gasteiger charge is -2.13. The number of nitrogens with zero attached hydrogens (tertiary/aromatic N) is 3. The molecule has 5 aromatic rings. The van der Waals surface area contributed by atoms with Crippen LogP contribution < -0.4 is 10.1 Å². The minimum Gasteiger partial charge on any atom is -0.487 e. The molecule has 0 bridgehead atoms. The summed E-state index contributed by atoms with van der Waals surface area (Å²) in [5.41, 5.74) is 2.37. The van der Waals surface area contributed by atoms with E-state index in [-0.39, 0.29) is 36.1 Å². The van der Waals surface area contributed by atoms with Crippen LogP contribution in [0.1, 0.15) is 36.9 Å². The molecule has 44 heavy (non-hydrogen) atoms. The predicted octanol–water partition coefficient (Wildman–Crippen LogP) is 7.91. The van der Waals surface area contributed by atoms with Gasteiger partial charge in [0.15, 0.2) is 9.84 Å². The number of hydrogen-bond donors (Lipinski definition) is 1. The summed E-state index contributed by atoms with van der Waals surface area (Å²) in [6.45, 7) is 3.73. The van der Waals surface area contributed by atoms with Gasteiger partial charge in [-0.25, -0.2) is 32.2 Å². The molecule has 0 radical (unpaired) electrons. The second-order valence-corrected chi connectivity index (χ2v) is 13.6. The molecule has 0 fully saturated rings. The van der Waals surface area contributed by atoms with Gasteiger partial charge in [0.1, 0.15) is 47.2 Å². The van der Waals surface area contributed by atoms with Gasteiger partial charge in [0.2, 0.25) is 0 Å². The molecule has 8 nitrogen and oxygen atoms in total. The first-order valence-corrected chi connectivity index (χ1v) is 16.9. The van der Waals surface area contributed by atoms with E-state index >= 15 is 4.39 Å². The SMILES string of the molecule is CCC(OCCS(=O)(=O)CC)c1nc(-c2cc3c(Nc4ccc(OCc5cccc(F)c5)c(Cl)c4)ncnc3cc2F)cs1. The molecule has 0 saturated carbocycles. The van der Waals surface area contributed by atoms with E-state index in [2.05, 4.69) is 20.3 Å². The van der Waals surface area contributed by atoms with Crippen LogP contribution in [0, 0.1) is 11.6 Å². The zero-order valence-electron chi connectivity index (χ0n) is 23.9. The molecule has 0 saturated heterocycles. The second kappa shape index (κ2) is 13.9.